The van der Waals surface area contributed by atoms with Gasteiger partial charge in [0.2, 0.25) is 0 Å². The summed E-state index contributed by atoms with van der Waals surface area (Å²) in [5.41, 5.74) is 3.38. The van der Waals surface area contributed by atoms with Crippen molar-refractivity contribution in [3.63, 3.8) is 0 Å². The van der Waals surface area contributed by atoms with E-state index in [9.17, 15) is 0 Å². The first-order valence-electron chi connectivity index (χ1n) is 5.65. The van der Waals surface area contributed by atoms with Crippen LogP contribution in [-0.4, -0.2) is 12.0 Å². The molecule has 0 saturated heterocycles. The van der Waals surface area contributed by atoms with Crippen LogP contribution < -0.4 is 5.32 Å². The van der Waals surface area contributed by atoms with Gasteiger partial charge in [-0.2, -0.15) is 0 Å². The van der Waals surface area contributed by atoms with E-state index in [1.807, 2.05) is 44.6 Å². The molecule has 18 heavy (non-hydrogen) atoms. The summed E-state index contributed by atoms with van der Waals surface area (Å²) in [7, 11) is 1.93. The van der Waals surface area contributed by atoms with Crippen LogP contribution in [0.5, 0.6) is 0 Å². The van der Waals surface area contributed by atoms with E-state index < -0.39 is 0 Å². The molecule has 0 bridgehead atoms. The molecule has 1 unspecified atom stereocenters. The Morgan fingerprint density at radius 3 is 2.72 bits per heavy atom. The molecule has 0 amide bonds. The molecule has 1 atom stereocenters. The highest BCUT2D eigenvalue weighted by atomic mass is 79.9. The van der Waals surface area contributed by atoms with Crippen LogP contribution in [0, 0.1) is 6.92 Å². The number of nitrogens with zero attached hydrogens (tertiary/aromatic N) is 1. The van der Waals surface area contributed by atoms with Gasteiger partial charge < -0.3 is 5.32 Å². The molecule has 0 radical (unpaired) electrons. The van der Waals surface area contributed by atoms with Gasteiger partial charge in [0.15, 0.2) is 0 Å². The summed E-state index contributed by atoms with van der Waals surface area (Å²) < 4.78 is 1.03. The Morgan fingerprint density at radius 2 is 2.06 bits per heavy atom. The predicted molar refractivity (Wildman–Crippen MR) is 79.0 cm³/mol. The van der Waals surface area contributed by atoms with Gasteiger partial charge in [-0.1, -0.05) is 33.6 Å². The second-order valence-electron chi connectivity index (χ2n) is 4.18. The van der Waals surface area contributed by atoms with Crippen LogP contribution in [0.2, 0.25) is 5.02 Å². The number of aryl methyl sites for hydroxylation is 1. The van der Waals surface area contributed by atoms with E-state index in [0.29, 0.717) is 0 Å². The van der Waals surface area contributed by atoms with Crippen LogP contribution in [0.1, 0.15) is 22.7 Å². The summed E-state index contributed by atoms with van der Waals surface area (Å²) in [4.78, 5) is 4.24. The topological polar surface area (TPSA) is 24.9 Å². The van der Waals surface area contributed by atoms with Crippen LogP contribution in [0.15, 0.2) is 41.1 Å². The van der Waals surface area contributed by atoms with Gasteiger partial charge in [0.25, 0.3) is 0 Å². The van der Waals surface area contributed by atoms with Gasteiger partial charge in [-0.25, -0.2) is 0 Å². The highest BCUT2D eigenvalue weighted by Gasteiger charge is 2.15. The van der Waals surface area contributed by atoms with E-state index in [0.717, 1.165) is 26.2 Å². The first-order valence-corrected chi connectivity index (χ1v) is 6.82. The molecule has 2 nitrogen and oxygen atoms in total. The molecule has 1 N–H and O–H groups in total. The molecule has 4 heteroatoms. The van der Waals surface area contributed by atoms with Crippen LogP contribution in [-0.2, 0) is 0 Å². The molecule has 0 spiro atoms. The minimum absolute atomic E-state index is 0.0745. The van der Waals surface area contributed by atoms with E-state index in [1.165, 1.54) is 0 Å². The summed E-state index contributed by atoms with van der Waals surface area (Å²) in [6.07, 6.45) is 3.73. The normalized spacial score (nSPS) is 12.4. The zero-order valence-corrected chi connectivity index (χ0v) is 12.6. The van der Waals surface area contributed by atoms with Crippen molar-refractivity contribution in [2.24, 2.45) is 0 Å². The molecule has 0 aliphatic heterocycles. The third kappa shape index (κ3) is 2.91. The van der Waals surface area contributed by atoms with Crippen molar-refractivity contribution < 1.29 is 0 Å². The van der Waals surface area contributed by atoms with Gasteiger partial charge in [0.05, 0.1) is 6.04 Å². The van der Waals surface area contributed by atoms with E-state index in [2.05, 4.69) is 32.3 Å². The minimum Gasteiger partial charge on any atom is -0.309 e. The Hall–Kier alpha value is -0.900. The standard InChI is InChI=1S/C14H14BrClN2/c1-9-5-10(8-18-7-9)14(17-2)12-6-11(16)3-4-13(12)15/h3-8,14,17H,1-2H3. The van der Waals surface area contributed by atoms with Crippen LogP contribution in [0.4, 0.5) is 0 Å². The quantitative estimate of drug-likeness (QED) is 0.918. The van der Waals surface area contributed by atoms with Crippen molar-refractivity contribution in [2.45, 2.75) is 13.0 Å². The summed E-state index contributed by atoms with van der Waals surface area (Å²) in [5, 5.41) is 4.03. The van der Waals surface area contributed by atoms with Crippen molar-refractivity contribution in [2.75, 3.05) is 7.05 Å². The van der Waals surface area contributed by atoms with Gasteiger partial charge in [-0.15, -0.1) is 0 Å². The maximum atomic E-state index is 6.07. The van der Waals surface area contributed by atoms with Crippen molar-refractivity contribution in [3.05, 3.63) is 62.8 Å². The van der Waals surface area contributed by atoms with Crippen molar-refractivity contribution in [1.29, 1.82) is 0 Å². The van der Waals surface area contributed by atoms with E-state index in [-0.39, 0.29) is 6.04 Å². The van der Waals surface area contributed by atoms with Gasteiger partial charge in [-0.3, -0.25) is 4.98 Å². The Labute approximate surface area is 121 Å². The lowest BCUT2D eigenvalue weighted by molar-refractivity contribution is 0.685. The Balaban J connectivity index is 2.48. The monoisotopic (exact) mass is 324 g/mol. The number of benzene rings is 1. The lowest BCUT2D eigenvalue weighted by atomic mass is 9.99. The van der Waals surface area contributed by atoms with Crippen LogP contribution in [0.3, 0.4) is 0 Å². The molecule has 0 aliphatic carbocycles. The first kappa shape index (κ1) is 13.5. The molecule has 0 fully saturated rings. The number of pyridine rings is 1. The molecule has 94 valence electrons. The molecule has 1 heterocycles. The maximum absolute atomic E-state index is 6.07. The summed E-state index contributed by atoms with van der Waals surface area (Å²) in [6.45, 7) is 2.04. The summed E-state index contributed by atoms with van der Waals surface area (Å²) in [6, 6.07) is 8.00. The minimum atomic E-state index is 0.0745. The van der Waals surface area contributed by atoms with Crippen molar-refractivity contribution in [1.82, 2.24) is 10.3 Å². The Kier molecular flexibility index (Phi) is 4.38. The zero-order chi connectivity index (χ0) is 13.1. The summed E-state index contributed by atoms with van der Waals surface area (Å²) in [5.74, 6) is 0. The van der Waals surface area contributed by atoms with E-state index in [1.54, 1.807) is 0 Å². The first-order chi connectivity index (χ1) is 8.61. The molecular formula is C14H14BrClN2. The van der Waals surface area contributed by atoms with Crippen molar-refractivity contribution in [3.8, 4) is 0 Å². The fraction of sp³-hybridized carbons (Fsp3) is 0.214. The van der Waals surface area contributed by atoms with Gasteiger partial charge in [0, 0.05) is 21.9 Å². The third-order valence-corrected chi connectivity index (χ3v) is 3.74. The lowest BCUT2D eigenvalue weighted by Gasteiger charge is -2.19. The second kappa shape index (κ2) is 5.83. The Morgan fingerprint density at radius 1 is 1.28 bits per heavy atom. The molecular weight excluding hydrogens is 312 g/mol. The van der Waals surface area contributed by atoms with Crippen LogP contribution >= 0.6 is 27.5 Å². The van der Waals surface area contributed by atoms with Crippen LogP contribution in [0.25, 0.3) is 0 Å². The number of rotatable bonds is 3. The largest absolute Gasteiger partial charge is 0.309 e. The molecule has 1 aromatic carbocycles. The number of hydrogen-bond acceptors (Lipinski definition) is 2. The van der Waals surface area contributed by atoms with Crippen molar-refractivity contribution >= 4 is 27.5 Å². The number of halogens is 2. The molecule has 0 saturated carbocycles. The average molecular weight is 326 g/mol. The fourth-order valence-electron chi connectivity index (χ4n) is 1.97. The molecule has 0 aliphatic rings. The molecule has 1 aromatic heterocycles. The predicted octanol–water partition coefficient (Wildman–Crippen LogP) is 4.11. The van der Waals surface area contributed by atoms with Gasteiger partial charge in [-0.05, 0) is 48.9 Å². The number of nitrogens with one attached hydrogen (secondary N) is 1. The third-order valence-electron chi connectivity index (χ3n) is 2.79. The smallest absolute Gasteiger partial charge is 0.0601 e. The highest BCUT2D eigenvalue weighted by molar-refractivity contribution is 9.10. The highest BCUT2D eigenvalue weighted by Crippen LogP contribution is 2.30. The van der Waals surface area contributed by atoms with Gasteiger partial charge >= 0.3 is 0 Å². The van der Waals surface area contributed by atoms with E-state index in [4.69, 9.17) is 11.6 Å². The maximum Gasteiger partial charge on any atom is 0.0601 e. The summed E-state index contributed by atoms with van der Waals surface area (Å²) >= 11 is 9.64. The fourth-order valence-corrected chi connectivity index (χ4v) is 2.63. The molecule has 2 aromatic rings. The molecule has 2 rings (SSSR count). The second-order valence-corrected chi connectivity index (χ2v) is 5.47. The SMILES string of the molecule is CNC(c1cncc(C)c1)c1cc(Cl)ccc1Br. The number of aromatic nitrogens is 1. The lowest BCUT2D eigenvalue weighted by Crippen LogP contribution is -2.18. The van der Waals surface area contributed by atoms with E-state index >= 15 is 0 Å². The number of hydrogen-bond donors (Lipinski definition) is 1. The zero-order valence-electron chi connectivity index (χ0n) is 10.2. The van der Waals surface area contributed by atoms with Gasteiger partial charge in [0.1, 0.15) is 0 Å². The Bertz CT molecular complexity index is 557. The average Bonchev–Trinajstić information content (AvgIpc) is 2.35.